The lowest BCUT2D eigenvalue weighted by molar-refractivity contribution is -0.168. The van der Waals surface area contributed by atoms with Crippen molar-refractivity contribution in [2.24, 2.45) is 5.92 Å². The van der Waals surface area contributed by atoms with Crippen LogP contribution in [-0.2, 0) is 14.4 Å². The number of fused-ring (bicyclic) bond motifs is 3. The number of aliphatic carboxylic acids is 1. The second kappa shape index (κ2) is 7.34. The number of carboxylic acid groups (broad SMARTS) is 1. The summed E-state index contributed by atoms with van der Waals surface area (Å²) in [5.74, 6) is -0.790. The minimum Gasteiger partial charge on any atom is -0.480 e. The zero-order valence-corrected chi connectivity index (χ0v) is 15.3. The van der Waals surface area contributed by atoms with Gasteiger partial charge in [-0.25, -0.2) is 4.79 Å². The monoisotopic (exact) mass is 350 g/mol. The molecule has 2 aliphatic heterocycles. The summed E-state index contributed by atoms with van der Waals surface area (Å²) < 4.78 is 0. The number of carbonyl (C=O) groups is 3. The zero-order valence-electron chi connectivity index (χ0n) is 15.3. The molecule has 0 bridgehead atoms. The second-order valence-electron chi connectivity index (χ2n) is 7.88. The average Bonchev–Trinajstić information content (AvgIpc) is 2.98. The van der Waals surface area contributed by atoms with Gasteiger partial charge in [0.1, 0.15) is 18.1 Å². The number of carboxylic acids is 1. The molecule has 0 unspecified atom stereocenters. The minimum absolute atomic E-state index is 0.0549. The molecule has 0 aromatic rings. The summed E-state index contributed by atoms with van der Waals surface area (Å²) in [6.07, 6.45) is 8.15. The van der Waals surface area contributed by atoms with E-state index < -0.39 is 24.1 Å². The Bertz CT molecular complexity index is 550. The van der Waals surface area contributed by atoms with Crippen LogP contribution in [0.3, 0.4) is 0 Å². The molecule has 2 saturated heterocycles. The van der Waals surface area contributed by atoms with Crippen molar-refractivity contribution < 1.29 is 19.5 Å². The smallest absolute Gasteiger partial charge is 0.326 e. The third-order valence-corrected chi connectivity index (χ3v) is 6.36. The zero-order chi connectivity index (χ0) is 18.1. The molecule has 25 heavy (non-hydrogen) atoms. The third-order valence-electron chi connectivity index (χ3n) is 6.36. The van der Waals surface area contributed by atoms with Crippen LogP contribution >= 0.6 is 0 Å². The van der Waals surface area contributed by atoms with Gasteiger partial charge in [0, 0.05) is 6.04 Å². The highest BCUT2D eigenvalue weighted by molar-refractivity contribution is 5.99. The topological polar surface area (TPSA) is 77.9 Å². The molecule has 1 N–H and O–H groups in total. The third kappa shape index (κ3) is 3.15. The highest BCUT2D eigenvalue weighted by atomic mass is 16.4. The number of hydrogen-bond acceptors (Lipinski definition) is 3. The molecule has 0 radical (unpaired) electrons. The van der Waals surface area contributed by atoms with Gasteiger partial charge in [-0.15, -0.1) is 0 Å². The van der Waals surface area contributed by atoms with Gasteiger partial charge < -0.3 is 14.9 Å². The van der Waals surface area contributed by atoms with Gasteiger partial charge in [0.25, 0.3) is 0 Å². The van der Waals surface area contributed by atoms with Crippen molar-refractivity contribution in [1.29, 1.82) is 0 Å². The van der Waals surface area contributed by atoms with E-state index in [9.17, 15) is 19.5 Å². The van der Waals surface area contributed by atoms with Crippen LogP contribution in [0.15, 0.2) is 0 Å². The van der Waals surface area contributed by atoms with E-state index in [1.807, 2.05) is 4.90 Å². The van der Waals surface area contributed by atoms with Crippen LogP contribution in [-0.4, -0.2) is 56.9 Å². The number of carbonyl (C=O) groups excluding carboxylic acids is 2. The van der Waals surface area contributed by atoms with Crippen molar-refractivity contribution in [2.75, 3.05) is 0 Å². The quantitative estimate of drug-likeness (QED) is 0.746. The molecule has 2 heterocycles. The van der Waals surface area contributed by atoms with Gasteiger partial charge in [0.15, 0.2) is 0 Å². The molecule has 0 aromatic heterocycles. The lowest BCUT2D eigenvalue weighted by atomic mass is 9.85. The first-order valence-corrected chi connectivity index (χ1v) is 9.84. The summed E-state index contributed by atoms with van der Waals surface area (Å²) in [4.78, 5) is 41.2. The normalized spacial score (nSPS) is 33.2. The summed E-state index contributed by atoms with van der Waals surface area (Å²) in [6.45, 7) is 3.76. The summed E-state index contributed by atoms with van der Waals surface area (Å²) in [5.41, 5.74) is 0. The van der Waals surface area contributed by atoms with Gasteiger partial charge in [-0.2, -0.15) is 0 Å². The maximum absolute atomic E-state index is 13.2. The first-order valence-electron chi connectivity index (χ1n) is 9.84. The standard InChI is InChI=1S/C19H30N2O4/c1-3-4-5-10-15(19(24)25)20-12(2)17(22)21-14-9-7-6-8-13(14)11-16(21)18(20)23/h12-16H,3-11H2,1-2H3,(H,24,25)/t12-,13-,14-,15-,16-/m0/s1. The minimum atomic E-state index is -0.993. The lowest BCUT2D eigenvalue weighted by Crippen LogP contribution is -2.66. The van der Waals surface area contributed by atoms with Crippen molar-refractivity contribution >= 4 is 17.8 Å². The van der Waals surface area contributed by atoms with Crippen molar-refractivity contribution in [1.82, 2.24) is 9.80 Å². The Morgan fingerprint density at radius 2 is 1.92 bits per heavy atom. The predicted molar refractivity (Wildman–Crippen MR) is 92.9 cm³/mol. The second-order valence-corrected chi connectivity index (χ2v) is 7.88. The molecule has 0 spiro atoms. The van der Waals surface area contributed by atoms with Crippen LogP contribution in [0.25, 0.3) is 0 Å². The Hall–Kier alpha value is -1.59. The summed E-state index contributed by atoms with van der Waals surface area (Å²) in [6, 6.07) is -1.82. The van der Waals surface area contributed by atoms with E-state index >= 15 is 0 Å². The van der Waals surface area contributed by atoms with Gasteiger partial charge in [-0.1, -0.05) is 39.0 Å². The summed E-state index contributed by atoms with van der Waals surface area (Å²) >= 11 is 0. The van der Waals surface area contributed by atoms with Gasteiger partial charge >= 0.3 is 5.97 Å². The molecule has 1 saturated carbocycles. The molecule has 0 aromatic carbocycles. The Morgan fingerprint density at radius 3 is 2.60 bits per heavy atom. The van der Waals surface area contributed by atoms with E-state index in [1.165, 1.54) is 4.90 Å². The molecule has 3 rings (SSSR count). The largest absolute Gasteiger partial charge is 0.480 e. The Labute approximate surface area is 149 Å². The van der Waals surface area contributed by atoms with E-state index in [0.717, 1.165) is 44.9 Å². The number of nitrogens with zero attached hydrogens (tertiary/aromatic N) is 2. The SMILES string of the molecule is CCCCC[C@@H](C(=O)O)N1C(=O)[C@@H]2C[C@@H]3CCCC[C@@H]3N2C(=O)[C@@H]1C. The number of piperazine rings is 1. The molecule has 3 fully saturated rings. The fourth-order valence-corrected chi connectivity index (χ4v) is 5.09. The van der Waals surface area contributed by atoms with Crippen molar-refractivity contribution in [3.05, 3.63) is 0 Å². The van der Waals surface area contributed by atoms with E-state index in [0.29, 0.717) is 18.8 Å². The van der Waals surface area contributed by atoms with Crippen LogP contribution < -0.4 is 0 Å². The fourth-order valence-electron chi connectivity index (χ4n) is 5.09. The average molecular weight is 350 g/mol. The van der Waals surface area contributed by atoms with Gasteiger partial charge in [0.05, 0.1) is 0 Å². The molecule has 6 nitrogen and oxygen atoms in total. The number of unbranched alkanes of at least 4 members (excludes halogenated alkanes) is 2. The number of rotatable bonds is 6. The predicted octanol–water partition coefficient (Wildman–Crippen LogP) is 2.41. The van der Waals surface area contributed by atoms with E-state index in [2.05, 4.69) is 6.92 Å². The van der Waals surface area contributed by atoms with Crippen molar-refractivity contribution in [2.45, 2.75) is 95.8 Å². The van der Waals surface area contributed by atoms with Gasteiger partial charge in [-0.05, 0) is 38.5 Å². The highest BCUT2D eigenvalue weighted by Gasteiger charge is 2.55. The molecule has 140 valence electrons. The maximum atomic E-state index is 13.2. The maximum Gasteiger partial charge on any atom is 0.326 e. The van der Waals surface area contributed by atoms with Crippen LogP contribution in [0.4, 0.5) is 0 Å². The molecular formula is C19H30N2O4. The van der Waals surface area contributed by atoms with E-state index in [-0.39, 0.29) is 17.9 Å². The van der Waals surface area contributed by atoms with E-state index in [4.69, 9.17) is 0 Å². The molecule has 5 atom stereocenters. The highest BCUT2D eigenvalue weighted by Crippen LogP contribution is 2.43. The van der Waals surface area contributed by atoms with E-state index in [1.54, 1.807) is 6.92 Å². The Balaban J connectivity index is 1.83. The summed E-state index contributed by atoms with van der Waals surface area (Å²) in [7, 11) is 0. The van der Waals surface area contributed by atoms with Crippen molar-refractivity contribution in [3.8, 4) is 0 Å². The number of amides is 2. The Morgan fingerprint density at radius 1 is 1.20 bits per heavy atom. The molecule has 2 amide bonds. The number of hydrogen-bond donors (Lipinski definition) is 1. The van der Waals surface area contributed by atoms with Crippen LogP contribution in [0.2, 0.25) is 0 Å². The van der Waals surface area contributed by atoms with Crippen molar-refractivity contribution in [3.63, 3.8) is 0 Å². The summed E-state index contributed by atoms with van der Waals surface area (Å²) in [5, 5.41) is 9.67. The van der Waals surface area contributed by atoms with Crippen LogP contribution in [0, 0.1) is 5.92 Å². The molecule has 6 heteroatoms. The lowest BCUT2D eigenvalue weighted by Gasteiger charge is -2.45. The van der Waals surface area contributed by atoms with Gasteiger partial charge in [-0.3, -0.25) is 9.59 Å². The van der Waals surface area contributed by atoms with Gasteiger partial charge in [0.2, 0.25) is 11.8 Å². The molecule has 1 aliphatic carbocycles. The van der Waals surface area contributed by atoms with Crippen LogP contribution in [0.5, 0.6) is 0 Å². The molecule has 3 aliphatic rings. The Kier molecular flexibility index (Phi) is 5.35. The molecular weight excluding hydrogens is 320 g/mol. The fraction of sp³-hybridized carbons (Fsp3) is 0.842. The first kappa shape index (κ1) is 18.2. The van der Waals surface area contributed by atoms with Crippen LogP contribution in [0.1, 0.15) is 71.6 Å². The first-order chi connectivity index (χ1) is 12.0.